The second-order valence-electron chi connectivity index (χ2n) is 4.63. The summed E-state index contributed by atoms with van der Waals surface area (Å²) in [5.74, 6) is -0.164. The largest absolute Gasteiger partial charge is 0.317 e. The summed E-state index contributed by atoms with van der Waals surface area (Å²) in [6, 6.07) is 7.27. The second-order valence-corrected chi connectivity index (χ2v) is 4.63. The van der Waals surface area contributed by atoms with Crippen molar-refractivity contribution < 1.29 is 4.39 Å². The summed E-state index contributed by atoms with van der Waals surface area (Å²) in [6.45, 7) is 7.70. The van der Waals surface area contributed by atoms with Crippen molar-refractivity contribution in [3.05, 3.63) is 35.6 Å². The summed E-state index contributed by atoms with van der Waals surface area (Å²) in [4.78, 5) is 2.43. The molecule has 1 N–H and O–H groups in total. The Morgan fingerprint density at radius 2 is 1.78 bits per heavy atom. The first-order valence-electron chi connectivity index (χ1n) is 6.83. The van der Waals surface area contributed by atoms with Crippen LogP contribution in [0.3, 0.4) is 0 Å². The molecule has 0 aliphatic carbocycles. The van der Waals surface area contributed by atoms with Gasteiger partial charge in [-0.15, -0.1) is 0 Å². The summed E-state index contributed by atoms with van der Waals surface area (Å²) in [5.41, 5.74) is 1.19. The molecule has 1 aromatic rings. The Morgan fingerprint density at radius 3 is 2.28 bits per heavy atom. The Morgan fingerprint density at radius 1 is 1.17 bits per heavy atom. The molecule has 0 saturated carbocycles. The molecule has 0 radical (unpaired) electrons. The number of hydrogen-bond donors (Lipinski definition) is 1. The molecule has 1 atom stereocenters. The molecule has 0 spiro atoms. The Labute approximate surface area is 110 Å². The lowest BCUT2D eigenvalue weighted by Crippen LogP contribution is -2.33. The predicted octanol–water partition coefficient (Wildman–Crippen LogP) is 2.69. The van der Waals surface area contributed by atoms with Crippen LogP contribution in [0.15, 0.2) is 24.3 Å². The zero-order chi connectivity index (χ0) is 13.4. The number of nitrogens with one attached hydrogen (secondary N) is 1. The third-order valence-electron chi connectivity index (χ3n) is 3.49. The molecule has 2 nitrogen and oxygen atoms in total. The normalized spacial score (nSPS) is 12.9. The third kappa shape index (κ3) is 5.15. The van der Waals surface area contributed by atoms with Gasteiger partial charge in [-0.2, -0.15) is 0 Å². The third-order valence-corrected chi connectivity index (χ3v) is 3.49. The van der Waals surface area contributed by atoms with E-state index < -0.39 is 0 Å². The van der Waals surface area contributed by atoms with Gasteiger partial charge in [0, 0.05) is 6.04 Å². The fourth-order valence-corrected chi connectivity index (χ4v) is 2.13. The quantitative estimate of drug-likeness (QED) is 0.765. The van der Waals surface area contributed by atoms with Gasteiger partial charge in [0.25, 0.3) is 0 Å². The van der Waals surface area contributed by atoms with Crippen LogP contribution < -0.4 is 5.32 Å². The molecule has 0 aliphatic rings. The molecule has 1 unspecified atom stereocenters. The maximum absolute atomic E-state index is 12.8. The van der Waals surface area contributed by atoms with Crippen LogP contribution in [0.1, 0.15) is 25.8 Å². The monoisotopic (exact) mass is 252 g/mol. The first-order chi connectivity index (χ1) is 8.69. The number of hydrogen-bond acceptors (Lipinski definition) is 2. The van der Waals surface area contributed by atoms with E-state index in [1.807, 2.05) is 19.2 Å². The number of benzene rings is 1. The minimum Gasteiger partial charge on any atom is -0.317 e. The van der Waals surface area contributed by atoms with Crippen LogP contribution in [0.5, 0.6) is 0 Å². The van der Waals surface area contributed by atoms with E-state index in [-0.39, 0.29) is 5.82 Å². The van der Waals surface area contributed by atoms with E-state index in [0.29, 0.717) is 6.04 Å². The molecular weight excluding hydrogens is 227 g/mol. The number of nitrogens with zero attached hydrogens (tertiary/aromatic N) is 1. The lowest BCUT2D eigenvalue weighted by atomic mass is 10.0. The van der Waals surface area contributed by atoms with E-state index in [4.69, 9.17) is 0 Å². The molecule has 1 rings (SSSR count). The van der Waals surface area contributed by atoms with Crippen LogP contribution in [0.25, 0.3) is 0 Å². The van der Waals surface area contributed by atoms with Gasteiger partial charge in [-0.1, -0.05) is 26.0 Å². The summed E-state index contributed by atoms with van der Waals surface area (Å²) < 4.78 is 12.8. The SMILES string of the molecule is CCN(CC)CCC(Cc1ccc(F)cc1)NC. The van der Waals surface area contributed by atoms with Crippen LogP contribution in [0.2, 0.25) is 0 Å². The molecular formula is C15H25FN2. The van der Waals surface area contributed by atoms with Crippen molar-refractivity contribution in [1.82, 2.24) is 10.2 Å². The molecule has 0 aliphatic heterocycles. The van der Waals surface area contributed by atoms with Crippen molar-refractivity contribution in [2.75, 3.05) is 26.7 Å². The van der Waals surface area contributed by atoms with Gasteiger partial charge in [0.05, 0.1) is 0 Å². The van der Waals surface area contributed by atoms with Gasteiger partial charge < -0.3 is 10.2 Å². The van der Waals surface area contributed by atoms with Crippen LogP contribution in [-0.2, 0) is 6.42 Å². The van der Waals surface area contributed by atoms with E-state index in [1.54, 1.807) is 0 Å². The maximum Gasteiger partial charge on any atom is 0.123 e. The molecule has 18 heavy (non-hydrogen) atoms. The van der Waals surface area contributed by atoms with Crippen molar-refractivity contribution >= 4 is 0 Å². The van der Waals surface area contributed by atoms with Crippen LogP contribution in [0, 0.1) is 5.82 Å². The highest BCUT2D eigenvalue weighted by atomic mass is 19.1. The van der Waals surface area contributed by atoms with Crippen molar-refractivity contribution in [2.24, 2.45) is 0 Å². The Hall–Kier alpha value is -0.930. The lowest BCUT2D eigenvalue weighted by molar-refractivity contribution is 0.283. The summed E-state index contributed by atoms with van der Waals surface area (Å²) in [7, 11) is 2.00. The predicted molar refractivity (Wildman–Crippen MR) is 75.4 cm³/mol. The van der Waals surface area contributed by atoms with E-state index in [0.717, 1.165) is 32.5 Å². The minimum atomic E-state index is -0.164. The van der Waals surface area contributed by atoms with Gasteiger partial charge in [-0.25, -0.2) is 4.39 Å². The summed E-state index contributed by atoms with van der Waals surface area (Å²) >= 11 is 0. The van der Waals surface area contributed by atoms with Crippen molar-refractivity contribution in [1.29, 1.82) is 0 Å². The first-order valence-corrected chi connectivity index (χ1v) is 6.83. The lowest BCUT2D eigenvalue weighted by Gasteiger charge is -2.22. The summed E-state index contributed by atoms with van der Waals surface area (Å²) in [6.07, 6.45) is 2.08. The molecule has 0 bridgehead atoms. The fourth-order valence-electron chi connectivity index (χ4n) is 2.13. The number of halogens is 1. The molecule has 3 heteroatoms. The molecule has 0 saturated heterocycles. The van der Waals surface area contributed by atoms with Crippen LogP contribution in [-0.4, -0.2) is 37.6 Å². The zero-order valence-corrected chi connectivity index (χ0v) is 11.7. The average Bonchev–Trinajstić information content (AvgIpc) is 2.40. The molecule has 0 fully saturated rings. The zero-order valence-electron chi connectivity index (χ0n) is 11.7. The van der Waals surface area contributed by atoms with E-state index in [2.05, 4.69) is 24.1 Å². The summed E-state index contributed by atoms with van der Waals surface area (Å²) in [5, 5.41) is 3.35. The smallest absolute Gasteiger partial charge is 0.123 e. The Kier molecular flexibility index (Phi) is 6.91. The molecule has 102 valence electrons. The van der Waals surface area contributed by atoms with E-state index in [1.165, 1.54) is 17.7 Å². The van der Waals surface area contributed by atoms with Crippen molar-refractivity contribution in [2.45, 2.75) is 32.7 Å². The second kappa shape index (κ2) is 8.22. The standard InChI is InChI=1S/C15H25FN2/c1-4-18(5-2)11-10-15(17-3)12-13-6-8-14(16)9-7-13/h6-9,15,17H,4-5,10-12H2,1-3H3. The van der Waals surface area contributed by atoms with Crippen molar-refractivity contribution in [3.63, 3.8) is 0 Å². The topological polar surface area (TPSA) is 15.3 Å². The highest BCUT2D eigenvalue weighted by Crippen LogP contribution is 2.08. The van der Waals surface area contributed by atoms with Gasteiger partial charge in [0.15, 0.2) is 0 Å². The van der Waals surface area contributed by atoms with Crippen LogP contribution >= 0.6 is 0 Å². The van der Waals surface area contributed by atoms with Gasteiger partial charge in [0.2, 0.25) is 0 Å². The van der Waals surface area contributed by atoms with Crippen molar-refractivity contribution in [3.8, 4) is 0 Å². The maximum atomic E-state index is 12.8. The van der Waals surface area contributed by atoms with Gasteiger partial charge in [-0.05, 0) is 57.2 Å². The van der Waals surface area contributed by atoms with E-state index in [9.17, 15) is 4.39 Å². The Bertz CT molecular complexity index is 320. The van der Waals surface area contributed by atoms with Gasteiger partial charge >= 0.3 is 0 Å². The fraction of sp³-hybridized carbons (Fsp3) is 0.600. The average molecular weight is 252 g/mol. The Balaban J connectivity index is 2.44. The minimum absolute atomic E-state index is 0.164. The van der Waals surface area contributed by atoms with Crippen LogP contribution in [0.4, 0.5) is 4.39 Å². The molecule has 0 heterocycles. The van der Waals surface area contributed by atoms with E-state index >= 15 is 0 Å². The highest BCUT2D eigenvalue weighted by Gasteiger charge is 2.09. The molecule has 0 aromatic heterocycles. The highest BCUT2D eigenvalue weighted by molar-refractivity contribution is 5.17. The van der Waals surface area contributed by atoms with Gasteiger partial charge in [-0.3, -0.25) is 0 Å². The number of rotatable bonds is 8. The molecule has 0 amide bonds. The van der Waals surface area contributed by atoms with Gasteiger partial charge in [0.1, 0.15) is 5.82 Å². The first kappa shape index (κ1) is 15.1. The molecule has 1 aromatic carbocycles. The number of likely N-dealkylation sites (N-methyl/N-ethyl adjacent to an activating group) is 1.